The number of hydrogen-bond donors (Lipinski definition) is 1. The van der Waals surface area contributed by atoms with Gasteiger partial charge in [-0.1, -0.05) is 45.8 Å². The standard InChI is InChI=1S/C18H34NP/c1-4-14-20-16-9-13-18(3,12-8-15(16)19)17(2)10-6-5-7-11-17/h14-16H,4-13,19H2,1-3H3. The number of nitrogens with two attached hydrogens (primary N) is 1. The predicted molar refractivity (Wildman–Crippen MR) is 92.8 cm³/mol. The highest BCUT2D eigenvalue weighted by Gasteiger charge is 2.45. The van der Waals surface area contributed by atoms with Gasteiger partial charge in [0, 0.05) is 11.7 Å². The fraction of sp³-hybridized carbons (Fsp3) is 0.944. The molecule has 2 rings (SSSR count). The van der Waals surface area contributed by atoms with Crippen LogP contribution in [0.4, 0.5) is 0 Å². The second kappa shape index (κ2) is 6.93. The van der Waals surface area contributed by atoms with Crippen molar-refractivity contribution in [2.45, 2.75) is 96.7 Å². The normalized spacial score (nSPS) is 38.8. The predicted octanol–water partition coefficient (Wildman–Crippen LogP) is 5.39. The van der Waals surface area contributed by atoms with Crippen molar-refractivity contribution in [2.24, 2.45) is 16.6 Å². The highest BCUT2D eigenvalue weighted by Crippen LogP contribution is 2.56. The van der Waals surface area contributed by atoms with Gasteiger partial charge in [-0.3, -0.25) is 0 Å². The molecule has 2 heteroatoms. The molecule has 0 radical (unpaired) electrons. The lowest BCUT2D eigenvalue weighted by Gasteiger charge is -2.49. The molecule has 0 bridgehead atoms. The molecule has 0 aromatic carbocycles. The molecule has 0 heterocycles. The lowest BCUT2D eigenvalue weighted by molar-refractivity contribution is 0.0140. The summed E-state index contributed by atoms with van der Waals surface area (Å²) in [4.78, 5) is 0. The highest BCUT2D eigenvalue weighted by molar-refractivity contribution is 7.39. The Hall–Kier alpha value is 0.130. The molecule has 3 unspecified atom stereocenters. The Labute approximate surface area is 127 Å². The lowest BCUT2D eigenvalue weighted by Crippen LogP contribution is -2.39. The molecule has 0 aliphatic heterocycles. The van der Waals surface area contributed by atoms with Crippen molar-refractivity contribution in [2.75, 3.05) is 0 Å². The van der Waals surface area contributed by atoms with Crippen LogP contribution in [0, 0.1) is 10.8 Å². The fourth-order valence-corrected chi connectivity index (χ4v) is 5.58. The van der Waals surface area contributed by atoms with Gasteiger partial charge in [0.25, 0.3) is 0 Å². The number of hydrogen-bond acceptors (Lipinski definition) is 1. The summed E-state index contributed by atoms with van der Waals surface area (Å²) >= 11 is 0. The first kappa shape index (κ1) is 16.5. The van der Waals surface area contributed by atoms with Crippen LogP contribution in [0.5, 0.6) is 0 Å². The molecule has 0 aromatic rings. The van der Waals surface area contributed by atoms with Crippen molar-refractivity contribution >= 4 is 14.0 Å². The van der Waals surface area contributed by atoms with Gasteiger partial charge in [0.15, 0.2) is 0 Å². The molecule has 0 aromatic heterocycles. The third-order valence-electron chi connectivity index (χ3n) is 6.41. The van der Waals surface area contributed by atoms with E-state index in [1.807, 2.05) is 0 Å². The van der Waals surface area contributed by atoms with E-state index in [1.165, 1.54) is 72.4 Å². The Morgan fingerprint density at radius 2 is 1.60 bits per heavy atom. The Kier molecular flexibility index (Phi) is 5.71. The average molecular weight is 295 g/mol. The second-order valence-electron chi connectivity index (χ2n) is 7.73. The van der Waals surface area contributed by atoms with Crippen molar-refractivity contribution in [3.8, 4) is 0 Å². The molecule has 3 atom stereocenters. The molecular weight excluding hydrogens is 261 g/mol. The molecule has 0 spiro atoms. The fourth-order valence-electron chi connectivity index (χ4n) is 4.45. The van der Waals surface area contributed by atoms with E-state index in [4.69, 9.17) is 5.73 Å². The quantitative estimate of drug-likeness (QED) is 0.548. The molecule has 2 aliphatic rings. The third-order valence-corrected chi connectivity index (χ3v) is 8.01. The molecule has 2 aliphatic carbocycles. The Bertz CT molecular complexity index is 332. The highest BCUT2D eigenvalue weighted by atomic mass is 31.1. The first-order valence-electron chi connectivity index (χ1n) is 8.78. The molecule has 2 N–H and O–H groups in total. The van der Waals surface area contributed by atoms with Crippen LogP contribution in [-0.2, 0) is 0 Å². The molecule has 2 fully saturated rings. The van der Waals surface area contributed by atoms with Crippen LogP contribution in [0.3, 0.4) is 0 Å². The van der Waals surface area contributed by atoms with Gasteiger partial charge in [0.2, 0.25) is 0 Å². The van der Waals surface area contributed by atoms with Crippen molar-refractivity contribution in [3.05, 3.63) is 0 Å². The van der Waals surface area contributed by atoms with Crippen LogP contribution in [-0.4, -0.2) is 17.5 Å². The zero-order valence-corrected chi connectivity index (χ0v) is 14.7. The van der Waals surface area contributed by atoms with Crippen molar-refractivity contribution < 1.29 is 0 Å². The van der Waals surface area contributed by atoms with Crippen molar-refractivity contribution in [3.63, 3.8) is 0 Å². The van der Waals surface area contributed by atoms with Crippen LogP contribution in [0.15, 0.2) is 0 Å². The van der Waals surface area contributed by atoms with E-state index in [-0.39, 0.29) is 0 Å². The van der Waals surface area contributed by atoms with Gasteiger partial charge in [0.1, 0.15) is 0 Å². The van der Waals surface area contributed by atoms with Crippen LogP contribution in [0.1, 0.15) is 85.0 Å². The maximum atomic E-state index is 6.49. The summed E-state index contributed by atoms with van der Waals surface area (Å²) in [5.41, 5.74) is 8.30. The second-order valence-corrected chi connectivity index (χ2v) is 9.06. The first-order chi connectivity index (χ1) is 9.51. The zero-order valence-electron chi connectivity index (χ0n) is 13.8. The van der Waals surface area contributed by atoms with Crippen LogP contribution < -0.4 is 5.73 Å². The van der Waals surface area contributed by atoms with E-state index in [0.717, 1.165) is 0 Å². The van der Waals surface area contributed by atoms with Gasteiger partial charge in [-0.25, -0.2) is 0 Å². The minimum absolute atomic E-state index is 0.425. The van der Waals surface area contributed by atoms with Crippen molar-refractivity contribution in [1.29, 1.82) is 0 Å². The average Bonchev–Trinajstić information content (AvgIpc) is 2.59. The zero-order chi connectivity index (χ0) is 14.6. The molecule has 0 saturated heterocycles. The maximum Gasteiger partial charge on any atom is 0.0158 e. The minimum Gasteiger partial charge on any atom is -0.327 e. The van der Waals surface area contributed by atoms with E-state index >= 15 is 0 Å². The van der Waals surface area contributed by atoms with Gasteiger partial charge in [-0.2, -0.15) is 0 Å². The molecular formula is C18H34NP. The first-order valence-corrected chi connectivity index (χ1v) is 9.81. The minimum atomic E-state index is 0.425. The largest absolute Gasteiger partial charge is 0.327 e. The summed E-state index contributed by atoms with van der Waals surface area (Å²) in [5.74, 6) is 2.41. The van der Waals surface area contributed by atoms with E-state index < -0.39 is 0 Å². The topological polar surface area (TPSA) is 26.0 Å². The van der Waals surface area contributed by atoms with Crippen molar-refractivity contribution in [1.82, 2.24) is 0 Å². The molecule has 2 saturated carbocycles. The molecule has 20 heavy (non-hydrogen) atoms. The monoisotopic (exact) mass is 295 g/mol. The van der Waals surface area contributed by atoms with Crippen LogP contribution in [0.2, 0.25) is 0 Å². The van der Waals surface area contributed by atoms with Gasteiger partial charge >= 0.3 is 0 Å². The summed E-state index contributed by atoms with van der Waals surface area (Å²) in [5, 5.41) is 0. The summed E-state index contributed by atoms with van der Waals surface area (Å²) in [6, 6.07) is 0.425. The SMILES string of the molecule is CCC=PC1CCC(C)(C2(C)CCCCC2)CCC1N. The molecule has 0 amide bonds. The van der Waals surface area contributed by atoms with E-state index in [1.54, 1.807) is 0 Å². The Morgan fingerprint density at radius 1 is 1.00 bits per heavy atom. The summed E-state index contributed by atoms with van der Waals surface area (Å²) < 4.78 is 0. The van der Waals surface area contributed by atoms with Gasteiger partial charge in [0.05, 0.1) is 0 Å². The molecule has 116 valence electrons. The van der Waals surface area contributed by atoms with Gasteiger partial charge in [-0.15, -0.1) is 8.20 Å². The van der Waals surface area contributed by atoms with Gasteiger partial charge < -0.3 is 5.73 Å². The smallest absolute Gasteiger partial charge is 0.0158 e. The maximum absolute atomic E-state index is 6.49. The Balaban J connectivity index is 2.08. The summed E-state index contributed by atoms with van der Waals surface area (Å²) in [6.07, 6.45) is 13.7. The summed E-state index contributed by atoms with van der Waals surface area (Å²) in [7, 11) is 1.50. The lowest BCUT2D eigenvalue weighted by atomic mass is 9.56. The van der Waals surface area contributed by atoms with E-state index in [9.17, 15) is 0 Å². The molecule has 1 nitrogen and oxygen atoms in total. The van der Waals surface area contributed by atoms with Gasteiger partial charge in [-0.05, 0) is 55.8 Å². The van der Waals surface area contributed by atoms with E-state index in [0.29, 0.717) is 22.5 Å². The number of rotatable bonds is 3. The van der Waals surface area contributed by atoms with Crippen LogP contribution in [0.25, 0.3) is 0 Å². The summed E-state index contributed by atoms with van der Waals surface area (Å²) in [6.45, 7) is 7.39. The third kappa shape index (κ3) is 3.47. The Morgan fingerprint density at radius 3 is 2.25 bits per heavy atom. The van der Waals surface area contributed by atoms with Crippen LogP contribution >= 0.6 is 8.20 Å². The van der Waals surface area contributed by atoms with E-state index in [2.05, 4.69) is 26.6 Å².